The Morgan fingerprint density at radius 2 is 1.82 bits per heavy atom. The Labute approximate surface area is 201 Å². The van der Waals surface area contributed by atoms with Crippen molar-refractivity contribution in [2.24, 2.45) is 39.4 Å². The molecular formula is C30H46O3. The molecule has 3 nitrogen and oxygen atoms in total. The van der Waals surface area contributed by atoms with Crippen LogP contribution in [0, 0.1) is 39.4 Å². The lowest BCUT2D eigenvalue weighted by atomic mass is 9.44. The Balaban J connectivity index is 1.61. The fourth-order valence-electron chi connectivity index (χ4n) is 8.80. The largest absolute Gasteiger partial charge is 0.478 e. The second-order valence-electron chi connectivity index (χ2n) is 13.2. The number of aliphatic hydroxyl groups is 1. The quantitative estimate of drug-likeness (QED) is 0.428. The third-order valence-corrected chi connectivity index (χ3v) is 11.4. The fourth-order valence-corrected chi connectivity index (χ4v) is 8.80. The van der Waals surface area contributed by atoms with Gasteiger partial charge in [0.05, 0.1) is 6.10 Å². The molecule has 2 fully saturated rings. The summed E-state index contributed by atoms with van der Waals surface area (Å²) in [7, 11) is 0. The molecule has 3 heteroatoms. The van der Waals surface area contributed by atoms with Gasteiger partial charge in [-0.15, -0.1) is 0 Å². The zero-order valence-electron chi connectivity index (χ0n) is 22.0. The zero-order chi connectivity index (χ0) is 24.4. The Hall–Kier alpha value is -1.35. The summed E-state index contributed by atoms with van der Waals surface area (Å²) in [6.07, 6.45) is 15.5. The van der Waals surface area contributed by atoms with Crippen molar-refractivity contribution in [3.63, 3.8) is 0 Å². The average Bonchev–Trinajstić information content (AvgIpc) is 3.02. The van der Waals surface area contributed by atoms with Gasteiger partial charge in [-0.05, 0) is 109 Å². The fraction of sp³-hybridized carbons (Fsp3) is 0.767. The number of rotatable bonds is 5. The van der Waals surface area contributed by atoms with E-state index in [2.05, 4.69) is 53.7 Å². The molecule has 0 bridgehead atoms. The molecule has 2 N–H and O–H groups in total. The van der Waals surface area contributed by atoms with Crippen LogP contribution in [0.2, 0.25) is 0 Å². The van der Waals surface area contributed by atoms with E-state index in [1.54, 1.807) is 18.1 Å². The van der Waals surface area contributed by atoms with Crippen LogP contribution in [0.5, 0.6) is 0 Å². The first kappa shape index (κ1) is 24.8. The molecule has 0 aromatic carbocycles. The maximum absolute atomic E-state index is 11.1. The van der Waals surface area contributed by atoms with Gasteiger partial charge in [0.25, 0.3) is 0 Å². The second kappa shape index (κ2) is 8.11. The molecule has 2 saturated carbocycles. The number of hydrogen-bond donors (Lipinski definition) is 2. The van der Waals surface area contributed by atoms with Crippen LogP contribution in [0.15, 0.2) is 34.9 Å². The van der Waals surface area contributed by atoms with Crippen molar-refractivity contribution in [2.75, 3.05) is 0 Å². The maximum Gasteiger partial charge on any atom is 0.330 e. The van der Waals surface area contributed by atoms with E-state index in [9.17, 15) is 9.90 Å². The van der Waals surface area contributed by atoms with Crippen LogP contribution < -0.4 is 0 Å². The van der Waals surface area contributed by atoms with Crippen LogP contribution >= 0.6 is 0 Å². The zero-order valence-corrected chi connectivity index (χ0v) is 22.0. The molecule has 0 unspecified atom stereocenters. The number of carboxylic acids is 1. The predicted molar refractivity (Wildman–Crippen MR) is 135 cm³/mol. The molecule has 0 saturated heterocycles. The molecule has 7 atom stereocenters. The van der Waals surface area contributed by atoms with Crippen molar-refractivity contribution in [3.05, 3.63) is 34.9 Å². The van der Waals surface area contributed by atoms with Crippen molar-refractivity contribution < 1.29 is 15.0 Å². The number of carbonyl (C=O) groups is 1. The van der Waals surface area contributed by atoms with Crippen molar-refractivity contribution in [2.45, 2.75) is 106 Å². The minimum absolute atomic E-state index is 0.0498. The summed E-state index contributed by atoms with van der Waals surface area (Å²) in [5.74, 6) is 0.940. The third kappa shape index (κ3) is 3.51. The van der Waals surface area contributed by atoms with Crippen LogP contribution in [0.1, 0.15) is 99.8 Å². The lowest BCUT2D eigenvalue weighted by Gasteiger charge is -2.61. The van der Waals surface area contributed by atoms with Gasteiger partial charge < -0.3 is 10.2 Å². The van der Waals surface area contributed by atoms with Gasteiger partial charge in [-0.3, -0.25) is 0 Å². The van der Waals surface area contributed by atoms with Gasteiger partial charge in [0.2, 0.25) is 0 Å². The van der Waals surface area contributed by atoms with Gasteiger partial charge in [-0.2, -0.15) is 0 Å². The van der Waals surface area contributed by atoms with E-state index in [-0.39, 0.29) is 27.8 Å². The molecule has 0 spiro atoms. The molecule has 184 valence electrons. The Bertz CT molecular complexity index is 908. The first-order valence-corrected chi connectivity index (χ1v) is 13.3. The predicted octanol–water partition coefficient (Wildman–Crippen LogP) is 7.32. The molecule has 4 rings (SSSR count). The molecule has 4 aliphatic carbocycles. The Morgan fingerprint density at radius 1 is 1.12 bits per heavy atom. The van der Waals surface area contributed by atoms with E-state index in [0.717, 1.165) is 38.5 Å². The monoisotopic (exact) mass is 454 g/mol. The SMILES string of the molecule is C/C(=C\CC[C@@H](C)[C@H]1CC[C@@]2(C)C3=CC[C@H]4C(C)(C)[C@H](O)CC[C@]4(C)C3=CC[C@]12C)C(=O)O. The van der Waals surface area contributed by atoms with Gasteiger partial charge >= 0.3 is 5.97 Å². The average molecular weight is 455 g/mol. The minimum atomic E-state index is -0.803. The normalized spacial score (nSPS) is 43.0. The Morgan fingerprint density at radius 3 is 2.48 bits per heavy atom. The molecule has 0 aromatic heterocycles. The number of aliphatic hydroxyl groups excluding tert-OH is 1. The van der Waals surface area contributed by atoms with Crippen molar-refractivity contribution in [1.29, 1.82) is 0 Å². The topological polar surface area (TPSA) is 57.5 Å². The van der Waals surface area contributed by atoms with Crippen LogP contribution in [0.25, 0.3) is 0 Å². The molecule has 0 heterocycles. The third-order valence-electron chi connectivity index (χ3n) is 11.4. The standard InChI is InChI=1S/C30H46O3/c1-19(9-8-10-20(2)26(32)33)21-13-17-30(7)23-11-12-24-27(3,4)25(31)15-16-28(24,5)22(23)14-18-29(21,30)6/h10-11,14,19,21,24-25,31H,8-9,12-13,15-18H2,1-7H3,(H,32,33)/b20-10+/t19-,21-,24+,25-,28-,29-,30+/m1/s1. The lowest BCUT2D eigenvalue weighted by molar-refractivity contribution is -0.132. The summed E-state index contributed by atoms with van der Waals surface area (Å²) in [6.45, 7) is 16.2. The number of carboxylic acid groups (broad SMARTS) is 1. The van der Waals surface area contributed by atoms with E-state index in [4.69, 9.17) is 5.11 Å². The van der Waals surface area contributed by atoms with Gasteiger partial charge in [0.15, 0.2) is 0 Å². The van der Waals surface area contributed by atoms with E-state index < -0.39 is 5.97 Å². The van der Waals surface area contributed by atoms with E-state index in [1.807, 2.05) is 6.08 Å². The molecule has 4 aliphatic rings. The van der Waals surface area contributed by atoms with E-state index in [1.165, 1.54) is 12.8 Å². The Kier molecular flexibility index (Phi) is 6.08. The van der Waals surface area contributed by atoms with Crippen LogP contribution in [-0.2, 0) is 4.79 Å². The van der Waals surface area contributed by atoms with Gasteiger partial charge in [0.1, 0.15) is 0 Å². The van der Waals surface area contributed by atoms with Crippen LogP contribution in [0.4, 0.5) is 0 Å². The summed E-state index contributed by atoms with van der Waals surface area (Å²) in [5, 5.41) is 19.9. The van der Waals surface area contributed by atoms with Crippen molar-refractivity contribution in [1.82, 2.24) is 0 Å². The van der Waals surface area contributed by atoms with Gasteiger partial charge in [0, 0.05) is 5.57 Å². The van der Waals surface area contributed by atoms with E-state index >= 15 is 0 Å². The minimum Gasteiger partial charge on any atom is -0.478 e. The molecule has 0 amide bonds. The van der Waals surface area contributed by atoms with Crippen LogP contribution in [-0.4, -0.2) is 22.3 Å². The molecular weight excluding hydrogens is 408 g/mol. The first-order valence-electron chi connectivity index (χ1n) is 13.3. The summed E-state index contributed by atoms with van der Waals surface area (Å²) in [6, 6.07) is 0. The maximum atomic E-state index is 11.1. The summed E-state index contributed by atoms with van der Waals surface area (Å²) in [5.41, 5.74) is 4.26. The molecule has 0 radical (unpaired) electrons. The highest BCUT2D eigenvalue weighted by Gasteiger charge is 2.62. The summed E-state index contributed by atoms with van der Waals surface area (Å²) >= 11 is 0. The smallest absolute Gasteiger partial charge is 0.330 e. The van der Waals surface area contributed by atoms with Crippen molar-refractivity contribution >= 4 is 5.97 Å². The number of allylic oxidation sites excluding steroid dienone is 5. The molecule has 0 aromatic rings. The highest BCUT2D eigenvalue weighted by atomic mass is 16.4. The van der Waals surface area contributed by atoms with E-state index in [0.29, 0.717) is 23.3 Å². The number of fused-ring (bicyclic) bond motifs is 5. The van der Waals surface area contributed by atoms with Gasteiger partial charge in [-0.25, -0.2) is 4.79 Å². The summed E-state index contributed by atoms with van der Waals surface area (Å²) in [4.78, 5) is 11.1. The highest BCUT2D eigenvalue weighted by Crippen LogP contribution is 2.71. The molecule has 33 heavy (non-hydrogen) atoms. The van der Waals surface area contributed by atoms with Gasteiger partial charge in [-0.1, -0.05) is 59.8 Å². The second-order valence-corrected chi connectivity index (χ2v) is 13.2. The highest BCUT2D eigenvalue weighted by molar-refractivity contribution is 5.85. The number of hydrogen-bond acceptors (Lipinski definition) is 2. The lowest BCUT2D eigenvalue weighted by Crippen LogP contribution is -2.54. The number of aliphatic carboxylic acids is 1. The summed E-state index contributed by atoms with van der Waals surface area (Å²) < 4.78 is 0. The first-order chi connectivity index (χ1) is 15.3. The van der Waals surface area contributed by atoms with Crippen LogP contribution in [0.3, 0.4) is 0 Å². The van der Waals surface area contributed by atoms with Crippen molar-refractivity contribution in [3.8, 4) is 0 Å². The molecule has 0 aliphatic heterocycles.